The van der Waals surface area contributed by atoms with Crippen molar-refractivity contribution in [2.45, 2.75) is 19.3 Å². The van der Waals surface area contributed by atoms with Crippen LogP contribution in [0.15, 0.2) is 97.3 Å². The molecule has 0 atom stereocenters. The van der Waals surface area contributed by atoms with Crippen molar-refractivity contribution >= 4 is 10.8 Å². The van der Waals surface area contributed by atoms with Gasteiger partial charge in [-0.1, -0.05) is 44.2 Å². The van der Waals surface area contributed by atoms with Crippen molar-refractivity contribution in [1.29, 1.82) is 0 Å². The summed E-state index contributed by atoms with van der Waals surface area (Å²) in [4.78, 5) is 8.83. The molecule has 0 saturated heterocycles. The van der Waals surface area contributed by atoms with E-state index >= 15 is 0 Å². The molecule has 0 unspecified atom stereocenters. The molecule has 5 aromatic rings. The average molecular weight is 594 g/mol. The molecule has 2 heterocycles. The van der Waals surface area contributed by atoms with Crippen molar-refractivity contribution in [3.63, 3.8) is 0 Å². The molecule has 0 fully saturated rings. The van der Waals surface area contributed by atoms with Gasteiger partial charge in [0.1, 0.15) is 0 Å². The Morgan fingerprint density at radius 1 is 0.688 bits per heavy atom. The molecule has 2 nitrogen and oxygen atoms in total. The van der Waals surface area contributed by atoms with Crippen LogP contribution in [0.3, 0.4) is 0 Å². The van der Waals surface area contributed by atoms with Crippen LogP contribution < -0.4 is 0 Å². The summed E-state index contributed by atoms with van der Waals surface area (Å²) in [7, 11) is 0. The minimum Gasteiger partial charge on any atom is -0.305 e. The third-order valence-corrected chi connectivity index (χ3v) is 5.88. The second kappa shape index (κ2) is 9.18. The first-order valence-corrected chi connectivity index (χ1v) is 10.4. The number of nitrogens with zero attached hydrogens (tertiary/aromatic N) is 2. The molecule has 0 saturated carbocycles. The van der Waals surface area contributed by atoms with Gasteiger partial charge in [0, 0.05) is 12.4 Å². The zero-order chi connectivity index (χ0) is 21.3. The third-order valence-electron chi connectivity index (χ3n) is 5.88. The Balaban J connectivity index is 0.000000164. The smallest absolute Gasteiger partial charge is 0.305 e. The van der Waals surface area contributed by atoms with Crippen molar-refractivity contribution in [2.24, 2.45) is 0 Å². The van der Waals surface area contributed by atoms with Gasteiger partial charge in [0.25, 0.3) is 0 Å². The van der Waals surface area contributed by atoms with Crippen LogP contribution >= 0.6 is 0 Å². The zero-order valence-corrected chi connectivity index (χ0v) is 20.2. The molecule has 0 spiro atoms. The van der Waals surface area contributed by atoms with Crippen molar-refractivity contribution in [3.05, 3.63) is 121 Å². The first kappa shape index (κ1) is 22.1. The van der Waals surface area contributed by atoms with Crippen molar-refractivity contribution in [3.8, 4) is 22.5 Å². The molecule has 3 aromatic carbocycles. The molecule has 0 bridgehead atoms. The number of hydrogen-bond acceptors (Lipinski definition) is 2. The van der Waals surface area contributed by atoms with Gasteiger partial charge in [-0.3, -0.25) is 0 Å². The number of rotatable bonds is 1. The van der Waals surface area contributed by atoms with E-state index < -0.39 is 0 Å². The normalized spacial score (nSPS) is 12.7. The van der Waals surface area contributed by atoms with Gasteiger partial charge in [0.2, 0.25) is 0 Å². The van der Waals surface area contributed by atoms with Crippen molar-refractivity contribution in [2.75, 3.05) is 0 Å². The van der Waals surface area contributed by atoms with Gasteiger partial charge >= 0.3 is 21.1 Å². The fourth-order valence-corrected chi connectivity index (χ4v) is 4.31. The van der Waals surface area contributed by atoms with Crippen LogP contribution in [0.1, 0.15) is 25.0 Å². The largest absolute Gasteiger partial charge is 2.00 e. The van der Waals surface area contributed by atoms with Crippen LogP contribution in [-0.2, 0) is 26.5 Å². The predicted octanol–water partition coefficient (Wildman–Crippen LogP) is 6.89. The number of fused-ring (bicyclic) bond motifs is 2. The monoisotopic (exact) mass is 593 g/mol. The molecule has 2 aromatic heterocycles. The first-order chi connectivity index (χ1) is 15.2. The van der Waals surface area contributed by atoms with Crippen LogP contribution in [-0.4, -0.2) is 9.97 Å². The summed E-state index contributed by atoms with van der Waals surface area (Å²) in [6.07, 6.45) is 3.68. The summed E-state index contributed by atoms with van der Waals surface area (Å²) < 4.78 is 0. The van der Waals surface area contributed by atoms with E-state index in [-0.39, 0.29) is 26.5 Å². The molecule has 0 amide bonds. The van der Waals surface area contributed by atoms with E-state index in [4.69, 9.17) is 0 Å². The topological polar surface area (TPSA) is 25.8 Å². The van der Waals surface area contributed by atoms with Crippen LogP contribution in [0.2, 0.25) is 0 Å². The maximum Gasteiger partial charge on any atom is 2.00 e. The maximum absolute atomic E-state index is 4.61. The summed E-state index contributed by atoms with van der Waals surface area (Å²) >= 11 is 0. The van der Waals surface area contributed by atoms with Crippen molar-refractivity contribution in [1.82, 2.24) is 9.97 Å². The summed E-state index contributed by atoms with van der Waals surface area (Å²) in [5.74, 6) is 0. The Labute approximate surface area is 203 Å². The van der Waals surface area contributed by atoms with Crippen LogP contribution in [0, 0.1) is 12.1 Å². The second-order valence-electron chi connectivity index (χ2n) is 8.14. The minimum atomic E-state index is 0. The third kappa shape index (κ3) is 3.92. The number of hydrogen-bond donors (Lipinski definition) is 0. The summed E-state index contributed by atoms with van der Waals surface area (Å²) in [6.45, 7) is 4.56. The van der Waals surface area contributed by atoms with Crippen LogP contribution in [0.4, 0.5) is 0 Å². The van der Waals surface area contributed by atoms with Gasteiger partial charge in [-0.15, -0.1) is 71.3 Å². The molecule has 3 heteroatoms. The van der Waals surface area contributed by atoms with Gasteiger partial charge in [-0.25, -0.2) is 0 Å². The van der Waals surface area contributed by atoms with E-state index in [1.54, 1.807) is 6.20 Å². The molecule has 32 heavy (non-hydrogen) atoms. The Kier molecular flexibility index (Phi) is 6.35. The number of aromatic nitrogens is 2. The van der Waals surface area contributed by atoms with Gasteiger partial charge in [-0.05, 0) is 45.3 Å². The van der Waals surface area contributed by atoms with Crippen LogP contribution in [0.5, 0.6) is 0 Å². The zero-order valence-electron chi connectivity index (χ0n) is 17.9. The molecule has 158 valence electrons. The first-order valence-electron chi connectivity index (χ1n) is 10.4. The van der Waals surface area contributed by atoms with E-state index in [0.717, 1.165) is 22.5 Å². The average Bonchev–Trinajstić information content (AvgIpc) is 2.84. The molecule has 0 N–H and O–H groups in total. The molecular weight excluding hydrogens is 571 g/mol. The Bertz CT molecular complexity index is 1300. The van der Waals surface area contributed by atoms with E-state index in [2.05, 4.69) is 72.3 Å². The maximum atomic E-state index is 4.61. The molecule has 0 radical (unpaired) electrons. The van der Waals surface area contributed by atoms with Gasteiger partial charge in [-0.2, -0.15) is 0 Å². The van der Waals surface area contributed by atoms with Gasteiger partial charge in [0.15, 0.2) is 0 Å². The van der Waals surface area contributed by atoms with Gasteiger partial charge in [0.05, 0.1) is 0 Å². The summed E-state index contributed by atoms with van der Waals surface area (Å²) in [5, 5.41) is 2.54. The van der Waals surface area contributed by atoms with E-state index in [1.165, 1.54) is 21.9 Å². The molecule has 6 rings (SSSR count). The van der Waals surface area contributed by atoms with Crippen molar-refractivity contribution < 1.29 is 21.1 Å². The van der Waals surface area contributed by atoms with E-state index in [0.29, 0.717) is 0 Å². The predicted molar refractivity (Wildman–Crippen MR) is 127 cm³/mol. The fraction of sp³-hybridized carbons (Fsp3) is 0.103. The Hall–Kier alpha value is -3.09. The second-order valence-corrected chi connectivity index (χ2v) is 8.14. The quantitative estimate of drug-likeness (QED) is 0.198. The van der Waals surface area contributed by atoms with Gasteiger partial charge < -0.3 is 9.97 Å². The molecular formula is C29H22N2Pt. The summed E-state index contributed by atoms with van der Waals surface area (Å²) in [6, 6.07) is 35.1. The Morgan fingerprint density at radius 3 is 2.28 bits per heavy atom. The standard InChI is InChI=1S/C18H14N.C11H8N.Pt/c1-18(2)14-8-4-3-7-13(14)17-16-12(10-11-19-17)6-5-9-15(16)18;1-2-6-10(7-3-1)11-8-4-5-9-12-11;/h3-6,8-11H,1-2H3;1-6,8-9H;/q2*-1;+2. The van der Waals surface area contributed by atoms with E-state index in [9.17, 15) is 0 Å². The molecule has 1 aliphatic carbocycles. The molecule has 0 aliphatic heterocycles. The number of benzene rings is 3. The number of pyridine rings is 2. The SMILES string of the molecule is CC1(C)c2ccc[c-]c2-c2nccc3cccc1c23.[Pt+2].[c-]1ccccc1-c1ccccn1. The summed E-state index contributed by atoms with van der Waals surface area (Å²) in [5.41, 5.74) is 6.91. The minimum absolute atomic E-state index is 0. The molecule has 1 aliphatic rings. The van der Waals surface area contributed by atoms with Crippen LogP contribution in [0.25, 0.3) is 33.3 Å². The fourth-order valence-electron chi connectivity index (χ4n) is 4.31. The van der Waals surface area contributed by atoms with E-state index in [1.807, 2.05) is 54.7 Å². The Morgan fingerprint density at radius 2 is 1.50 bits per heavy atom.